The van der Waals surface area contributed by atoms with E-state index in [2.05, 4.69) is 27.6 Å². The van der Waals surface area contributed by atoms with E-state index < -0.39 is 42.6 Å². The zero-order valence-corrected chi connectivity index (χ0v) is 25.2. The maximum absolute atomic E-state index is 12.4. The van der Waals surface area contributed by atoms with Gasteiger partial charge in [-0.25, -0.2) is 9.59 Å². The standard InChI is InChI=1S/C28H53N3O7S/c1-4-5-6-7-8-9-10-11-12-13-14-15-16-17-18-29-28(36)38-19-20-39-22-25(30-23(2)33)26(34)31-24(21-32)27(35)37-3/h24-25,32H,4-22H2,1-3H3,(H,29,36)(H,30,33)(H,31,34)/t24-,25+/m0/s1. The van der Waals surface area contributed by atoms with Crippen molar-refractivity contribution < 1.29 is 33.8 Å². The molecule has 0 spiro atoms. The van der Waals surface area contributed by atoms with Crippen LogP contribution in [0.15, 0.2) is 0 Å². The van der Waals surface area contributed by atoms with Crippen LogP contribution in [0, 0.1) is 0 Å². The van der Waals surface area contributed by atoms with Crippen molar-refractivity contribution in [2.45, 2.75) is 116 Å². The maximum atomic E-state index is 12.4. The van der Waals surface area contributed by atoms with Gasteiger partial charge in [-0.3, -0.25) is 9.59 Å². The van der Waals surface area contributed by atoms with Gasteiger partial charge in [0.1, 0.15) is 12.6 Å². The van der Waals surface area contributed by atoms with E-state index in [0.29, 0.717) is 12.3 Å². The van der Waals surface area contributed by atoms with Crippen molar-refractivity contribution in [2.75, 3.05) is 38.4 Å². The van der Waals surface area contributed by atoms with Gasteiger partial charge in [0, 0.05) is 25.0 Å². The molecule has 0 aliphatic carbocycles. The van der Waals surface area contributed by atoms with Crippen molar-refractivity contribution in [3.05, 3.63) is 0 Å². The van der Waals surface area contributed by atoms with Gasteiger partial charge >= 0.3 is 12.1 Å². The van der Waals surface area contributed by atoms with Gasteiger partial charge in [-0.15, -0.1) is 0 Å². The Kier molecular flexibility index (Phi) is 24.9. The Hall–Kier alpha value is -2.01. The second-order valence-corrected chi connectivity index (χ2v) is 10.9. The minimum Gasteiger partial charge on any atom is -0.467 e. The number of hydrogen-bond donors (Lipinski definition) is 4. The van der Waals surface area contributed by atoms with Crippen LogP contribution in [0.3, 0.4) is 0 Å². The topological polar surface area (TPSA) is 143 Å². The Labute approximate surface area is 239 Å². The van der Waals surface area contributed by atoms with Crippen molar-refractivity contribution in [1.82, 2.24) is 16.0 Å². The molecule has 4 N–H and O–H groups in total. The monoisotopic (exact) mass is 575 g/mol. The van der Waals surface area contributed by atoms with Gasteiger partial charge < -0.3 is 30.5 Å². The molecule has 3 amide bonds. The molecule has 0 unspecified atom stereocenters. The molecule has 0 radical (unpaired) electrons. The number of aliphatic hydroxyl groups is 1. The fraction of sp³-hybridized carbons (Fsp3) is 0.857. The summed E-state index contributed by atoms with van der Waals surface area (Å²) in [6.45, 7) is 3.65. The summed E-state index contributed by atoms with van der Waals surface area (Å²) in [4.78, 5) is 47.3. The second kappa shape index (κ2) is 26.2. The highest BCUT2D eigenvalue weighted by Gasteiger charge is 2.26. The van der Waals surface area contributed by atoms with Gasteiger partial charge in [-0.1, -0.05) is 90.4 Å². The lowest BCUT2D eigenvalue weighted by Gasteiger charge is -2.20. The zero-order chi connectivity index (χ0) is 29.1. The van der Waals surface area contributed by atoms with Crippen LogP contribution < -0.4 is 16.0 Å². The number of alkyl carbamates (subject to hydrolysis) is 1. The third-order valence-electron chi connectivity index (χ3n) is 6.22. The molecule has 0 saturated heterocycles. The highest BCUT2D eigenvalue weighted by atomic mass is 32.2. The van der Waals surface area contributed by atoms with E-state index in [1.54, 1.807) is 0 Å². The van der Waals surface area contributed by atoms with E-state index in [4.69, 9.17) is 4.74 Å². The van der Waals surface area contributed by atoms with Gasteiger partial charge in [0.2, 0.25) is 11.8 Å². The Morgan fingerprint density at radius 1 is 0.795 bits per heavy atom. The molecule has 0 rings (SSSR count). The molecule has 0 aromatic carbocycles. The summed E-state index contributed by atoms with van der Waals surface area (Å²) in [5.41, 5.74) is 0. The quantitative estimate of drug-likeness (QED) is 0.0942. The van der Waals surface area contributed by atoms with Gasteiger partial charge in [0.25, 0.3) is 0 Å². The SMILES string of the molecule is CCCCCCCCCCCCCCCCNC(=O)OCCSC[C@@H](NC(C)=O)C(=O)N[C@@H](CO)C(=O)OC. The molecule has 0 fully saturated rings. The molecule has 0 aromatic rings. The van der Waals surface area contributed by atoms with Crippen LogP contribution in [-0.2, 0) is 23.9 Å². The Morgan fingerprint density at radius 2 is 1.33 bits per heavy atom. The molecule has 0 aliphatic rings. The number of aliphatic hydroxyl groups excluding tert-OH is 1. The molecule has 10 nitrogen and oxygen atoms in total. The smallest absolute Gasteiger partial charge is 0.407 e. The van der Waals surface area contributed by atoms with Crippen LogP contribution in [0.5, 0.6) is 0 Å². The van der Waals surface area contributed by atoms with Crippen LogP contribution >= 0.6 is 11.8 Å². The number of amides is 3. The Bertz CT molecular complexity index is 667. The average Bonchev–Trinajstić information content (AvgIpc) is 2.92. The van der Waals surface area contributed by atoms with E-state index in [0.717, 1.165) is 20.0 Å². The third-order valence-corrected chi connectivity index (χ3v) is 7.25. The minimum absolute atomic E-state index is 0.158. The molecule has 11 heteroatoms. The van der Waals surface area contributed by atoms with E-state index in [1.807, 2.05) is 0 Å². The lowest BCUT2D eigenvalue weighted by Crippen LogP contribution is -2.53. The molecule has 2 atom stereocenters. The van der Waals surface area contributed by atoms with Gasteiger partial charge in [-0.05, 0) is 6.42 Å². The van der Waals surface area contributed by atoms with Crippen molar-refractivity contribution in [2.24, 2.45) is 0 Å². The molecular weight excluding hydrogens is 522 g/mol. The highest BCUT2D eigenvalue weighted by Crippen LogP contribution is 2.13. The number of carbonyl (C=O) groups is 4. The van der Waals surface area contributed by atoms with E-state index >= 15 is 0 Å². The predicted molar refractivity (Wildman–Crippen MR) is 156 cm³/mol. The molecule has 0 aromatic heterocycles. The molecule has 0 saturated carbocycles. The number of ether oxygens (including phenoxy) is 2. The maximum Gasteiger partial charge on any atom is 0.407 e. The Balaban J connectivity index is 3.79. The minimum atomic E-state index is -1.21. The predicted octanol–water partition coefficient (Wildman–Crippen LogP) is 4.08. The second-order valence-electron chi connectivity index (χ2n) is 9.75. The molecule has 228 valence electrons. The summed E-state index contributed by atoms with van der Waals surface area (Å²) in [5, 5.41) is 16.9. The van der Waals surface area contributed by atoms with Crippen LogP contribution in [0.1, 0.15) is 104 Å². The first kappa shape index (κ1) is 37.0. The first-order valence-corrected chi connectivity index (χ1v) is 15.8. The first-order chi connectivity index (χ1) is 18.8. The summed E-state index contributed by atoms with van der Waals surface area (Å²) in [5.74, 6) is -1.18. The molecule has 0 aliphatic heterocycles. The number of carbonyl (C=O) groups excluding carboxylic acids is 4. The number of rotatable bonds is 25. The molecule has 0 heterocycles. The van der Waals surface area contributed by atoms with E-state index in [1.165, 1.54) is 95.7 Å². The normalized spacial score (nSPS) is 12.3. The van der Waals surface area contributed by atoms with Crippen LogP contribution in [0.2, 0.25) is 0 Å². The van der Waals surface area contributed by atoms with E-state index in [9.17, 15) is 24.3 Å². The van der Waals surface area contributed by atoms with Crippen LogP contribution in [0.25, 0.3) is 0 Å². The number of esters is 1. The van der Waals surface area contributed by atoms with Crippen molar-refractivity contribution in [3.63, 3.8) is 0 Å². The van der Waals surface area contributed by atoms with Crippen molar-refractivity contribution >= 4 is 35.6 Å². The largest absolute Gasteiger partial charge is 0.467 e. The molecular formula is C28H53N3O7S. The van der Waals surface area contributed by atoms with Crippen LogP contribution in [0.4, 0.5) is 4.79 Å². The zero-order valence-electron chi connectivity index (χ0n) is 24.4. The van der Waals surface area contributed by atoms with Crippen molar-refractivity contribution in [1.29, 1.82) is 0 Å². The highest BCUT2D eigenvalue weighted by molar-refractivity contribution is 7.99. The lowest BCUT2D eigenvalue weighted by atomic mass is 10.0. The summed E-state index contributed by atoms with van der Waals surface area (Å²) in [6, 6.07) is -2.13. The first-order valence-electron chi connectivity index (χ1n) is 14.6. The van der Waals surface area contributed by atoms with Gasteiger partial charge in [-0.2, -0.15) is 11.8 Å². The van der Waals surface area contributed by atoms with Gasteiger partial charge in [0.05, 0.1) is 13.7 Å². The van der Waals surface area contributed by atoms with Crippen LogP contribution in [-0.4, -0.2) is 79.4 Å². The third kappa shape index (κ3) is 22.5. The number of methoxy groups -OCH3 is 1. The molecule has 0 bridgehead atoms. The van der Waals surface area contributed by atoms with Gasteiger partial charge in [0.15, 0.2) is 6.04 Å². The number of thioether (sulfide) groups is 1. The summed E-state index contributed by atoms with van der Waals surface area (Å²) in [7, 11) is 1.15. The van der Waals surface area contributed by atoms with E-state index in [-0.39, 0.29) is 12.4 Å². The fourth-order valence-electron chi connectivity index (χ4n) is 3.98. The Morgan fingerprint density at radius 3 is 1.82 bits per heavy atom. The average molecular weight is 576 g/mol. The summed E-state index contributed by atoms with van der Waals surface area (Å²) < 4.78 is 9.68. The number of hydrogen-bond acceptors (Lipinski definition) is 8. The van der Waals surface area contributed by atoms with Crippen molar-refractivity contribution in [3.8, 4) is 0 Å². The summed E-state index contributed by atoms with van der Waals surface area (Å²) >= 11 is 1.31. The number of unbranched alkanes of at least 4 members (excludes halogenated alkanes) is 13. The fourth-order valence-corrected chi connectivity index (χ4v) is 4.82. The summed E-state index contributed by atoms with van der Waals surface area (Å²) in [6.07, 6.45) is 17.5. The lowest BCUT2D eigenvalue weighted by molar-refractivity contribution is -0.146. The molecule has 39 heavy (non-hydrogen) atoms. The number of nitrogens with one attached hydrogen (secondary N) is 3.